The van der Waals surface area contributed by atoms with E-state index in [1.807, 2.05) is 0 Å². The van der Waals surface area contributed by atoms with Crippen LogP contribution in [0.3, 0.4) is 0 Å². The second kappa shape index (κ2) is 5.82. The molecule has 6 heteroatoms. The first kappa shape index (κ1) is 12.1. The summed E-state index contributed by atoms with van der Waals surface area (Å²) in [4.78, 5) is 11.5. The van der Waals surface area contributed by atoms with Gasteiger partial charge in [-0.25, -0.2) is 0 Å². The van der Waals surface area contributed by atoms with Crippen LogP contribution in [0.1, 0.15) is 16.1 Å². The molecule has 1 amide bonds. The molecule has 0 spiro atoms. The number of carbonyl (C=O) groups excluding carboxylic acids is 1. The predicted molar refractivity (Wildman–Crippen MR) is 56.4 cm³/mol. The monoisotopic (exact) mass is 224 g/mol. The molecule has 1 aromatic rings. The van der Waals surface area contributed by atoms with Crippen molar-refractivity contribution in [1.29, 1.82) is 0 Å². The van der Waals surface area contributed by atoms with Crippen LogP contribution in [0.15, 0.2) is 23.5 Å². The van der Waals surface area contributed by atoms with E-state index in [1.54, 1.807) is 29.9 Å². The number of aryl methyl sites for hydroxylation is 1. The van der Waals surface area contributed by atoms with Crippen molar-refractivity contribution in [2.45, 2.75) is 0 Å². The van der Waals surface area contributed by atoms with Gasteiger partial charge in [-0.2, -0.15) is 4.57 Å². The number of aliphatic hydroxyl groups is 1. The Morgan fingerprint density at radius 1 is 1.62 bits per heavy atom. The summed E-state index contributed by atoms with van der Waals surface area (Å²) in [5.41, 5.74) is 1.15. The van der Waals surface area contributed by atoms with E-state index in [9.17, 15) is 4.79 Å². The van der Waals surface area contributed by atoms with E-state index in [0.717, 1.165) is 0 Å². The molecule has 1 aromatic heterocycles. The fraction of sp³-hybridized carbons (Fsp3) is 0.300. The van der Waals surface area contributed by atoms with Crippen LogP contribution >= 0.6 is 0 Å². The molecule has 16 heavy (non-hydrogen) atoms. The van der Waals surface area contributed by atoms with Crippen molar-refractivity contribution in [3.63, 3.8) is 0 Å². The summed E-state index contributed by atoms with van der Waals surface area (Å²) in [6.45, 7) is 0.134. The number of hydrogen-bond acceptors (Lipinski definition) is 4. The molecule has 1 heterocycles. The first-order valence-corrected chi connectivity index (χ1v) is 4.75. The van der Waals surface area contributed by atoms with Crippen LogP contribution in [-0.4, -0.2) is 35.6 Å². The Morgan fingerprint density at radius 2 is 2.38 bits per heavy atom. The minimum absolute atomic E-state index is 0.0902. The van der Waals surface area contributed by atoms with Crippen molar-refractivity contribution in [3.8, 4) is 0 Å². The minimum Gasteiger partial charge on any atom is -0.411 e. The van der Waals surface area contributed by atoms with Gasteiger partial charge in [-0.3, -0.25) is 4.79 Å². The van der Waals surface area contributed by atoms with Crippen LogP contribution in [0.4, 0.5) is 0 Å². The number of amides is 1. The summed E-state index contributed by atoms with van der Waals surface area (Å²) >= 11 is 0. The number of carbonyl (C=O) groups is 1. The Bertz CT molecular complexity index is 404. The molecule has 0 fully saturated rings. The third kappa shape index (κ3) is 3.03. The molecule has 0 radical (unpaired) electrons. The van der Waals surface area contributed by atoms with E-state index >= 15 is 0 Å². The molecule has 1 rings (SSSR count). The molecule has 0 atom stereocenters. The molecule has 3 N–H and O–H groups in total. The fourth-order valence-corrected chi connectivity index (χ4v) is 1.22. The van der Waals surface area contributed by atoms with Gasteiger partial charge in [0.15, 0.2) is 6.20 Å². The molecule has 0 aliphatic rings. The SMILES string of the molecule is C[n+]1cc(C(=O)NCCO)ccc1/C=N\O. The normalized spacial score (nSPS) is 10.6. The van der Waals surface area contributed by atoms with Gasteiger partial charge >= 0.3 is 0 Å². The number of oxime groups is 1. The lowest BCUT2D eigenvalue weighted by molar-refractivity contribution is -0.672. The number of nitrogens with zero attached hydrogens (tertiary/aromatic N) is 2. The fourth-order valence-electron chi connectivity index (χ4n) is 1.22. The zero-order valence-corrected chi connectivity index (χ0v) is 8.92. The second-order valence-electron chi connectivity index (χ2n) is 3.18. The van der Waals surface area contributed by atoms with Crippen molar-refractivity contribution >= 4 is 12.1 Å². The molecule has 0 aliphatic heterocycles. The number of hydrogen-bond donors (Lipinski definition) is 3. The average Bonchev–Trinajstić information content (AvgIpc) is 2.29. The maximum atomic E-state index is 11.5. The first-order chi connectivity index (χ1) is 7.69. The van der Waals surface area contributed by atoms with Crippen molar-refractivity contribution in [2.24, 2.45) is 12.2 Å². The lowest BCUT2D eigenvalue weighted by atomic mass is 10.2. The second-order valence-corrected chi connectivity index (χ2v) is 3.18. The number of rotatable bonds is 4. The molecular weight excluding hydrogens is 210 g/mol. The molecule has 0 saturated heterocycles. The molecule has 0 aliphatic carbocycles. The van der Waals surface area contributed by atoms with Gasteiger partial charge in [-0.05, 0) is 6.07 Å². The molecule has 0 aromatic carbocycles. The molecule has 0 unspecified atom stereocenters. The highest BCUT2D eigenvalue weighted by molar-refractivity contribution is 5.93. The Morgan fingerprint density at radius 3 is 2.94 bits per heavy atom. The summed E-state index contributed by atoms with van der Waals surface area (Å²) < 4.78 is 1.66. The van der Waals surface area contributed by atoms with E-state index in [-0.39, 0.29) is 19.1 Å². The Kier molecular flexibility index (Phi) is 4.41. The summed E-state index contributed by atoms with van der Waals surface area (Å²) in [6, 6.07) is 3.28. The average molecular weight is 224 g/mol. The smallest absolute Gasteiger partial charge is 0.257 e. The third-order valence-electron chi connectivity index (χ3n) is 2.02. The van der Waals surface area contributed by atoms with Gasteiger partial charge in [-0.1, -0.05) is 5.16 Å². The first-order valence-electron chi connectivity index (χ1n) is 4.75. The van der Waals surface area contributed by atoms with Crippen molar-refractivity contribution < 1.29 is 19.7 Å². The highest BCUT2D eigenvalue weighted by Gasteiger charge is 2.11. The quantitative estimate of drug-likeness (QED) is 0.266. The Labute approximate surface area is 92.8 Å². The van der Waals surface area contributed by atoms with Crippen molar-refractivity contribution in [3.05, 3.63) is 29.6 Å². The van der Waals surface area contributed by atoms with Gasteiger partial charge in [0.1, 0.15) is 18.8 Å². The van der Waals surface area contributed by atoms with Crippen LogP contribution in [0.5, 0.6) is 0 Å². The molecular formula is C10H14N3O3+. The van der Waals surface area contributed by atoms with Gasteiger partial charge < -0.3 is 15.6 Å². The van der Waals surface area contributed by atoms with E-state index in [0.29, 0.717) is 11.3 Å². The summed E-state index contributed by atoms with van der Waals surface area (Å²) in [5.74, 6) is -0.253. The van der Waals surface area contributed by atoms with Crippen LogP contribution < -0.4 is 9.88 Å². The lowest BCUT2D eigenvalue weighted by Gasteiger charge is -2.02. The summed E-state index contributed by atoms with van der Waals surface area (Å²) in [7, 11) is 1.74. The highest BCUT2D eigenvalue weighted by atomic mass is 16.4. The number of aliphatic hydroxyl groups excluding tert-OH is 1. The van der Waals surface area contributed by atoms with E-state index in [2.05, 4.69) is 10.5 Å². The summed E-state index contributed by atoms with van der Waals surface area (Å²) in [5, 5.41) is 22.4. The maximum absolute atomic E-state index is 11.5. The zero-order chi connectivity index (χ0) is 12.0. The Balaban J connectivity index is 2.84. The standard InChI is InChI=1S/C10H13N3O3/c1-13-7-8(10(15)11-4-5-14)2-3-9(13)6-12-16/h2-3,6-7,14H,4-5H2,1H3,(H,11,15)/p+1. The van der Waals surface area contributed by atoms with Gasteiger partial charge in [0.2, 0.25) is 5.69 Å². The van der Waals surface area contributed by atoms with Crippen LogP contribution in [0, 0.1) is 0 Å². The zero-order valence-electron chi connectivity index (χ0n) is 8.92. The highest BCUT2D eigenvalue weighted by Crippen LogP contribution is 1.96. The van der Waals surface area contributed by atoms with E-state index < -0.39 is 0 Å². The third-order valence-corrected chi connectivity index (χ3v) is 2.02. The van der Waals surface area contributed by atoms with Crippen molar-refractivity contribution in [2.75, 3.05) is 13.2 Å². The number of pyridine rings is 1. The van der Waals surface area contributed by atoms with Crippen LogP contribution in [0.2, 0.25) is 0 Å². The maximum Gasteiger partial charge on any atom is 0.257 e. The topological polar surface area (TPSA) is 85.8 Å². The van der Waals surface area contributed by atoms with Gasteiger partial charge in [0.25, 0.3) is 5.91 Å². The Hall–Kier alpha value is -1.95. The van der Waals surface area contributed by atoms with Gasteiger partial charge in [0.05, 0.1) is 6.61 Å². The van der Waals surface area contributed by atoms with Gasteiger partial charge in [-0.15, -0.1) is 0 Å². The van der Waals surface area contributed by atoms with E-state index in [4.69, 9.17) is 10.3 Å². The van der Waals surface area contributed by atoms with Crippen molar-refractivity contribution in [1.82, 2.24) is 5.32 Å². The van der Waals surface area contributed by atoms with Crippen LogP contribution in [-0.2, 0) is 7.05 Å². The molecule has 0 bridgehead atoms. The minimum atomic E-state index is -0.253. The molecule has 0 saturated carbocycles. The molecule has 6 nitrogen and oxygen atoms in total. The molecule has 86 valence electrons. The van der Waals surface area contributed by atoms with Gasteiger partial charge in [0, 0.05) is 12.6 Å². The van der Waals surface area contributed by atoms with E-state index in [1.165, 1.54) is 6.21 Å². The van der Waals surface area contributed by atoms with Crippen LogP contribution in [0.25, 0.3) is 0 Å². The number of aromatic nitrogens is 1. The largest absolute Gasteiger partial charge is 0.411 e. The number of nitrogens with one attached hydrogen (secondary N) is 1. The lowest BCUT2D eigenvalue weighted by Crippen LogP contribution is -2.36. The predicted octanol–water partition coefficient (Wildman–Crippen LogP) is -0.959. The summed E-state index contributed by atoms with van der Waals surface area (Å²) in [6.07, 6.45) is 2.89.